The second kappa shape index (κ2) is 5.93. The lowest BCUT2D eigenvalue weighted by Crippen LogP contribution is -2.35. The predicted octanol–water partition coefficient (Wildman–Crippen LogP) is 1.10. The van der Waals surface area contributed by atoms with Gasteiger partial charge in [-0.2, -0.15) is 0 Å². The Balaban J connectivity index is 2.03. The van der Waals surface area contributed by atoms with E-state index in [0.717, 1.165) is 25.9 Å². The summed E-state index contributed by atoms with van der Waals surface area (Å²) < 4.78 is 5.92. The number of anilines is 1. The lowest BCUT2D eigenvalue weighted by molar-refractivity contribution is 0.0963. The Morgan fingerprint density at radius 3 is 2.68 bits per heavy atom. The molecule has 0 aromatic heterocycles. The summed E-state index contributed by atoms with van der Waals surface area (Å²) in [4.78, 5) is 13.8. The molecule has 0 saturated carbocycles. The van der Waals surface area contributed by atoms with Crippen molar-refractivity contribution in [2.24, 2.45) is 0 Å². The van der Waals surface area contributed by atoms with Crippen molar-refractivity contribution in [2.45, 2.75) is 18.9 Å². The largest absolute Gasteiger partial charge is 0.488 e. The maximum absolute atomic E-state index is 11.5. The van der Waals surface area contributed by atoms with Gasteiger partial charge in [-0.15, -0.1) is 0 Å². The van der Waals surface area contributed by atoms with Crippen LogP contribution in [0.15, 0.2) is 18.2 Å². The van der Waals surface area contributed by atoms with Crippen molar-refractivity contribution < 1.29 is 9.53 Å². The van der Waals surface area contributed by atoms with Crippen LogP contribution in [0.5, 0.6) is 5.75 Å². The zero-order valence-corrected chi connectivity index (χ0v) is 11.5. The highest BCUT2D eigenvalue weighted by atomic mass is 16.5. The minimum Gasteiger partial charge on any atom is -0.488 e. The van der Waals surface area contributed by atoms with E-state index in [2.05, 4.69) is 17.3 Å². The number of benzene rings is 1. The SMILES string of the molecule is CNC(=O)c1ccc(OC2CCN(C)CC2)c(N)c1. The highest BCUT2D eigenvalue weighted by Crippen LogP contribution is 2.26. The van der Waals surface area contributed by atoms with E-state index in [1.54, 1.807) is 25.2 Å². The van der Waals surface area contributed by atoms with E-state index in [1.165, 1.54) is 0 Å². The van der Waals surface area contributed by atoms with E-state index in [9.17, 15) is 4.79 Å². The third kappa shape index (κ3) is 3.38. The normalized spacial score (nSPS) is 17.2. The summed E-state index contributed by atoms with van der Waals surface area (Å²) in [6, 6.07) is 5.17. The van der Waals surface area contributed by atoms with E-state index in [4.69, 9.17) is 10.5 Å². The van der Waals surface area contributed by atoms with Crippen molar-refractivity contribution in [2.75, 3.05) is 32.9 Å². The lowest BCUT2D eigenvalue weighted by Gasteiger charge is -2.29. The molecule has 0 spiro atoms. The number of piperidine rings is 1. The molecule has 5 nitrogen and oxygen atoms in total. The van der Waals surface area contributed by atoms with Gasteiger partial charge in [-0.25, -0.2) is 0 Å². The molecule has 3 N–H and O–H groups in total. The maximum atomic E-state index is 11.5. The molecule has 0 aliphatic carbocycles. The molecule has 0 bridgehead atoms. The van der Waals surface area contributed by atoms with E-state index in [0.29, 0.717) is 17.0 Å². The van der Waals surface area contributed by atoms with Crippen molar-refractivity contribution in [1.29, 1.82) is 0 Å². The van der Waals surface area contributed by atoms with E-state index in [1.807, 2.05) is 0 Å². The van der Waals surface area contributed by atoms with Crippen LogP contribution in [-0.2, 0) is 0 Å². The number of hydrogen-bond donors (Lipinski definition) is 2. The molecule has 1 fully saturated rings. The van der Waals surface area contributed by atoms with Gasteiger partial charge in [0, 0.05) is 25.7 Å². The number of likely N-dealkylation sites (tertiary alicyclic amines) is 1. The molecule has 1 heterocycles. The van der Waals surface area contributed by atoms with Crippen molar-refractivity contribution in [3.8, 4) is 5.75 Å². The summed E-state index contributed by atoms with van der Waals surface area (Å²) in [7, 11) is 3.71. The molecule has 1 amide bonds. The smallest absolute Gasteiger partial charge is 0.251 e. The first-order chi connectivity index (χ1) is 9.10. The van der Waals surface area contributed by atoms with E-state index in [-0.39, 0.29) is 12.0 Å². The minimum absolute atomic E-state index is 0.141. The molecule has 2 rings (SSSR count). The van der Waals surface area contributed by atoms with Gasteiger partial charge in [-0.3, -0.25) is 4.79 Å². The molecule has 5 heteroatoms. The number of amides is 1. The monoisotopic (exact) mass is 263 g/mol. The van der Waals surface area contributed by atoms with Crippen LogP contribution in [0.1, 0.15) is 23.2 Å². The average molecular weight is 263 g/mol. The Hall–Kier alpha value is -1.75. The maximum Gasteiger partial charge on any atom is 0.251 e. The van der Waals surface area contributed by atoms with Crippen LogP contribution in [0.2, 0.25) is 0 Å². The molecular formula is C14H21N3O2. The quantitative estimate of drug-likeness (QED) is 0.801. The fraction of sp³-hybridized carbons (Fsp3) is 0.500. The Kier molecular flexibility index (Phi) is 4.27. The first-order valence-electron chi connectivity index (χ1n) is 6.57. The number of rotatable bonds is 3. The van der Waals surface area contributed by atoms with Gasteiger partial charge in [-0.1, -0.05) is 0 Å². The zero-order chi connectivity index (χ0) is 13.8. The Bertz CT molecular complexity index is 454. The second-order valence-corrected chi connectivity index (χ2v) is 4.95. The molecule has 104 valence electrons. The number of carbonyl (C=O) groups excluding carboxylic acids is 1. The van der Waals surface area contributed by atoms with Crippen molar-refractivity contribution in [1.82, 2.24) is 10.2 Å². The summed E-state index contributed by atoms with van der Waals surface area (Å²) in [5.74, 6) is 0.528. The van der Waals surface area contributed by atoms with Crippen LogP contribution < -0.4 is 15.8 Å². The highest BCUT2D eigenvalue weighted by molar-refractivity contribution is 5.95. The molecule has 1 aliphatic heterocycles. The topological polar surface area (TPSA) is 67.6 Å². The summed E-state index contributed by atoms with van der Waals surface area (Å²) in [5, 5.41) is 2.57. The van der Waals surface area contributed by atoms with Crippen molar-refractivity contribution in [3.63, 3.8) is 0 Å². The van der Waals surface area contributed by atoms with Crippen LogP contribution in [-0.4, -0.2) is 44.1 Å². The fourth-order valence-corrected chi connectivity index (χ4v) is 2.22. The van der Waals surface area contributed by atoms with Crippen LogP contribution in [0, 0.1) is 0 Å². The van der Waals surface area contributed by atoms with Gasteiger partial charge in [0.05, 0.1) is 5.69 Å². The molecular weight excluding hydrogens is 242 g/mol. The summed E-state index contributed by atoms with van der Waals surface area (Å²) in [5.41, 5.74) is 7.01. The van der Waals surface area contributed by atoms with E-state index < -0.39 is 0 Å². The zero-order valence-electron chi connectivity index (χ0n) is 11.5. The van der Waals surface area contributed by atoms with E-state index >= 15 is 0 Å². The summed E-state index contributed by atoms with van der Waals surface area (Å²) in [6.45, 7) is 2.09. The third-order valence-corrected chi connectivity index (χ3v) is 3.46. The molecule has 1 saturated heterocycles. The third-order valence-electron chi connectivity index (χ3n) is 3.46. The Labute approximate surface area is 113 Å². The van der Waals surface area contributed by atoms with Crippen LogP contribution >= 0.6 is 0 Å². The fourth-order valence-electron chi connectivity index (χ4n) is 2.22. The lowest BCUT2D eigenvalue weighted by atomic mass is 10.1. The number of ether oxygens (including phenoxy) is 1. The number of nitrogen functional groups attached to an aromatic ring is 1. The van der Waals surface area contributed by atoms with Gasteiger partial charge < -0.3 is 20.7 Å². The molecule has 0 atom stereocenters. The van der Waals surface area contributed by atoms with Gasteiger partial charge in [0.15, 0.2) is 0 Å². The molecule has 1 aromatic carbocycles. The number of hydrogen-bond acceptors (Lipinski definition) is 4. The molecule has 1 aliphatic rings. The minimum atomic E-state index is -0.141. The number of carbonyl (C=O) groups is 1. The van der Waals surface area contributed by atoms with Gasteiger partial charge >= 0.3 is 0 Å². The molecule has 0 unspecified atom stereocenters. The summed E-state index contributed by atoms with van der Waals surface area (Å²) in [6.07, 6.45) is 2.23. The average Bonchev–Trinajstić information content (AvgIpc) is 2.42. The second-order valence-electron chi connectivity index (χ2n) is 4.95. The molecule has 1 aromatic rings. The van der Waals surface area contributed by atoms with Gasteiger partial charge in [0.25, 0.3) is 5.91 Å². The first-order valence-corrected chi connectivity index (χ1v) is 6.57. The van der Waals surface area contributed by atoms with Crippen molar-refractivity contribution >= 4 is 11.6 Å². The van der Waals surface area contributed by atoms with Crippen LogP contribution in [0.4, 0.5) is 5.69 Å². The molecule has 19 heavy (non-hydrogen) atoms. The molecule has 0 radical (unpaired) electrons. The number of nitrogens with one attached hydrogen (secondary N) is 1. The first kappa shape index (κ1) is 13.7. The van der Waals surface area contributed by atoms with Gasteiger partial charge in [-0.05, 0) is 38.1 Å². The van der Waals surface area contributed by atoms with Crippen molar-refractivity contribution in [3.05, 3.63) is 23.8 Å². The van der Waals surface area contributed by atoms with Gasteiger partial charge in [0.2, 0.25) is 0 Å². The van der Waals surface area contributed by atoms with Crippen LogP contribution in [0.3, 0.4) is 0 Å². The predicted molar refractivity (Wildman–Crippen MR) is 75.4 cm³/mol. The van der Waals surface area contributed by atoms with Crippen LogP contribution in [0.25, 0.3) is 0 Å². The standard InChI is InChI=1S/C14H21N3O2/c1-16-14(18)10-3-4-13(12(15)9-10)19-11-5-7-17(2)8-6-11/h3-4,9,11H,5-8,15H2,1-2H3,(H,16,18). The number of nitrogens with two attached hydrogens (primary N) is 1. The summed E-state index contributed by atoms with van der Waals surface area (Å²) >= 11 is 0. The highest BCUT2D eigenvalue weighted by Gasteiger charge is 2.19. The number of nitrogens with zero attached hydrogens (tertiary/aromatic N) is 1. The Morgan fingerprint density at radius 1 is 1.42 bits per heavy atom. The van der Waals surface area contributed by atoms with Gasteiger partial charge in [0.1, 0.15) is 11.9 Å². The Morgan fingerprint density at radius 2 is 2.11 bits per heavy atom.